The predicted molar refractivity (Wildman–Crippen MR) is 528 cm³/mol. The number of pyridine rings is 5. The molecule has 26 nitrogen and oxygen atoms in total. The number of rotatable bonds is 6. The highest BCUT2D eigenvalue weighted by atomic mass is 79.9. The van der Waals surface area contributed by atoms with E-state index in [1.165, 1.54) is 123 Å². The van der Waals surface area contributed by atoms with Crippen LogP contribution in [0.5, 0.6) is 0 Å². The van der Waals surface area contributed by atoms with Crippen LogP contribution in [0, 0.1) is 84.7 Å². The Morgan fingerprint density at radius 3 is 1.03 bits per heavy atom. The summed E-state index contributed by atoms with van der Waals surface area (Å²) < 4.78 is 147. The highest BCUT2D eigenvalue weighted by Crippen LogP contribution is 2.51. The number of nitrogen functional groups attached to an aromatic ring is 1. The van der Waals surface area contributed by atoms with Crippen molar-refractivity contribution in [1.82, 2.24) is 53.2 Å². The quantitative estimate of drug-likeness (QED) is 0.0791. The molecule has 0 unspecified atom stereocenters. The summed E-state index contributed by atoms with van der Waals surface area (Å²) in [4.78, 5) is 73.1. The fourth-order valence-corrected chi connectivity index (χ4v) is 18.7. The third-order valence-corrected chi connectivity index (χ3v) is 28.4. The van der Waals surface area contributed by atoms with E-state index in [0.717, 1.165) is 78.6 Å². The topological polar surface area (TPSA) is 296 Å². The van der Waals surface area contributed by atoms with Gasteiger partial charge in [0.1, 0.15) is 38.4 Å². The molecule has 8 aliphatic rings. The van der Waals surface area contributed by atoms with Gasteiger partial charge in [-0.2, -0.15) is 0 Å². The van der Waals surface area contributed by atoms with Gasteiger partial charge in [-0.1, -0.05) is 12.8 Å². The van der Waals surface area contributed by atoms with E-state index >= 15 is 0 Å². The number of hydrogen-bond donors (Lipinski definition) is 3. The van der Waals surface area contributed by atoms with Crippen LogP contribution < -0.4 is 48.7 Å². The van der Waals surface area contributed by atoms with Gasteiger partial charge in [-0.3, -0.25) is 0 Å². The van der Waals surface area contributed by atoms with Crippen LogP contribution in [0.2, 0.25) is 0 Å². The van der Waals surface area contributed by atoms with Crippen LogP contribution >= 0.6 is 31.9 Å². The molecular formula is C102H99B2Br2F7N14O12. The number of aromatic nitrogens is 9. The lowest BCUT2D eigenvalue weighted by Gasteiger charge is -2.57. The summed E-state index contributed by atoms with van der Waals surface area (Å²) in [5.74, 6) is -3.20. The molecule has 17 aromatic rings. The van der Waals surface area contributed by atoms with E-state index in [2.05, 4.69) is 83.3 Å². The summed E-state index contributed by atoms with van der Waals surface area (Å²) in [6.07, 6.45) is 23.6. The number of nitrogens with two attached hydrogens (primary N) is 1. The Morgan fingerprint density at radius 2 is 0.705 bits per heavy atom. The number of aryl methyl sites for hydroxylation is 4. The fourth-order valence-electron chi connectivity index (χ4n) is 18.0. The van der Waals surface area contributed by atoms with Crippen molar-refractivity contribution in [3.63, 3.8) is 0 Å². The van der Waals surface area contributed by atoms with E-state index in [4.69, 9.17) is 42.0 Å². The maximum Gasteiger partial charge on any atom is 0.488 e. The van der Waals surface area contributed by atoms with Gasteiger partial charge in [-0.15, -0.1) is 0 Å². The zero-order valence-electron chi connectivity index (χ0n) is 78.2. The van der Waals surface area contributed by atoms with Gasteiger partial charge in [-0.05, 0) is 255 Å². The SMILES string of the molecule is C1CC2(C1)CNC2.CC1(C)OB(B2OC(C)(C)C(C)(C)O2)OC1(C)C.Cc1cn2cc(-c3cc4ccc(F)cc4oc3=O)cc(F)c2n1.Cc1cn2cc(-c3cc4ccc(N5CC6(CCC6)C5)cc4oc3=O)cc(F)c2n1.Cc1cn2cc(-c3cc4ccc(N5CC6(CNC6)C5)cc4oc3=O)cc(F)c2n1.Cc1cn2cc(Br)cc(F)c2n1.Nc1ncccc1F.O=c1oc2cc(F)ccc2cc1Br. The van der Waals surface area contributed by atoms with Gasteiger partial charge in [0.2, 0.25) is 0 Å². The van der Waals surface area contributed by atoms with Crippen LogP contribution in [0.3, 0.4) is 0 Å². The summed E-state index contributed by atoms with van der Waals surface area (Å²) in [6, 6.07) is 34.7. The molecule has 6 aliphatic heterocycles. The second kappa shape index (κ2) is 37.5. The zero-order valence-corrected chi connectivity index (χ0v) is 81.4. The van der Waals surface area contributed by atoms with Crippen LogP contribution in [-0.4, -0.2) is 131 Å². The first-order valence-corrected chi connectivity index (χ1v) is 47.1. The number of nitrogens with zero attached hydrogens (tertiary/aromatic N) is 11. The normalized spacial score (nSPS) is 17.6. The van der Waals surface area contributed by atoms with Crippen molar-refractivity contribution in [3.05, 3.63) is 303 Å². The fraction of sp³-hybridized carbons (Fsp3) is 0.324. The lowest BCUT2D eigenvalue weighted by molar-refractivity contribution is 0.00578. The number of hydrogen-bond acceptors (Lipinski definition) is 22. The first kappa shape index (κ1) is 96.6. The predicted octanol–water partition coefficient (Wildman–Crippen LogP) is 20.3. The molecule has 3 spiro atoms. The summed E-state index contributed by atoms with van der Waals surface area (Å²) in [5.41, 5.74) is 13.1. The van der Waals surface area contributed by atoms with Gasteiger partial charge in [0, 0.05) is 197 Å². The van der Waals surface area contributed by atoms with Gasteiger partial charge in [-0.25, -0.2) is 74.8 Å². The van der Waals surface area contributed by atoms with E-state index in [1.54, 1.807) is 114 Å². The maximum atomic E-state index is 14.5. The Morgan fingerprint density at radius 1 is 0.374 bits per heavy atom. The van der Waals surface area contributed by atoms with Crippen LogP contribution in [-0.2, 0) is 18.6 Å². The van der Waals surface area contributed by atoms with E-state index < -0.39 is 71.4 Å². The minimum atomic E-state index is -0.654. The number of anilines is 3. The van der Waals surface area contributed by atoms with Crippen molar-refractivity contribution in [2.24, 2.45) is 16.2 Å². The minimum absolute atomic E-state index is 0.0486. The van der Waals surface area contributed by atoms with Crippen molar-refractivity contribution in [1.29, 1.82) is 0 Å². The van der Waals surface area contributed by atoms with E-state index in [0.29, 0.717) is 92.3 Å². The third kappa shape index (κ3) is 20.1. The van der Waals surface area contributed by atoms with Gasteiger partial charge >= 0.3 is 36.5 Å². The van der Waals surface area contributed by atoms with Gasteiger partial charge in [0.05, 0.1) is 61.9 Å². The van der Waals surface area contributed by atoms with Gasteiger partial charge < -0.3 is 80.1 Å². The second-order valence-corrected chi connectivity index (χ2v) is 40.7. The van der Waals surface area contributed by atoms with E-state index in [9.17, 15) is 49.9 Å². The summed E-state index contributed by atoms with van der Waals surface area (Å²) >= 11 is 6.24. The Kier molecular flexibility index (Phi) is 26.1. The Labute approximate surface area is 809 Å². The molecule has 2 aliphatic carbocycles. The number of fused-ring (bicyclic) bond motifs is 8. The molecule has 0 radical (unpaired) electrons. The number of halogens is 9. The molecule has 25 rings (SSSR count). The van der Waals surface area contributed by atoms with Crippen molar-refractivity contribution in [2.75, 3.05) is 67.9 Å². The first-order valence-electron chi connectivity index (χ1n) is 45.5. The summed E-state index contributed by atoms with van der Waals surface area (Å²) in [6.45, 7) is 32.4. The Hall–Kier alpha value is -12.6. The highest BCUT2D eigenvalue weighted by molar-refractivity contribution is 9.10. The standard InChI is InChI=1S/C23H20FN3O2.C22H19FN4O2.C17H10F2N2O2.C12H24B2O4.C9H4BrFO2.C8H6BrFN2.C6H11N.C5H5FN2/c1-14-10-26-11-16(8-19(24)21(26)25-14)18-7-15-3-4-17(9-20(15)29-22(18)28)27-12-23(13-27)5-2-6-23;1-13-7-26-8-15(5-18(23)20(26)25-13)17-4-14-2-3-16(6-19(14)29-21(17)28)27-11-22(12-27)9-24-10-22;1-9-7-21-8-11(5-14(19)16(21)20-9)13-4-10-2-3-12(18)6-15(10)23-17(13)22;1-9(2)10(3,4)16-13(15-9)14-17-11(5,6)12(7,8)18-14;10-7-3-5-1-2-6(11)4-8(5)13-9(7)12;1-5-3-12-4-6(9)2-7(10)8(12)11-5;1-2-6(3-1)4-7-5-6;6-4-2-1-3-8-5(4)7/h3-4,7-11H,2,5-6,12-13H2,1H3;2-8,24H,9-12H2,1H3;2-8H,1H3;1-8H3;1-4H;2-4H,1H3;7H,1-5H2;1-3H,(H2,7,8). The Balaban J connectivity index is 0.000000110. The smallest absolute Gasteiger partial charge is 0.422 e. The monoisotopic (exact) mass is 2020 g/mol. The van der Waals surface area contributed by atoms with Crippen LogP contribution in [0.25, 0.3) is 99.8 Å². The number of nitrogens with one attached hydrogen (secondary N) is 2. The maximum absolute atomic E-state index is 14.5. The lowest BCUT2D eigenvalue weighted by Crippen LogP contribution is -2.71. The van der Waals surface area contributed by atoms with Crippen LogP contribution in [0.1, 0.15) is 117 Å². The average molecular weight is 2030 g/mol. The third-order valence-electron chi connectivity index (χ3n) is 27.4. The number of benzene rings is 4. The van der Waals surface area contributed by atoms with Gasteiger partial charge in [0.15, 0.2) is 57.5 Å². The molecule has 37 heteroatoms. The molecule has 6 saturated heterocycles. The lowest BCUT2D eigenvalue weighted by atomic mass is 9.49. The van der Waals surface area contributed by atoms with Crippen LogP contribution in [0.4, 0.5) is 47.9 Å². The second-order valence-electron chi connectivity index (χ2n) is 39.0. The molecule has 13 aromatic heterocycles. The molecule has 4 N–H and O–H groups in total. The van der Waals surface area contributed by atoms with Gasteiger partial charge in [0.25, 0.3) is 0 Å². The molecule has 0 atom stereocenters. The van der Waals surface area contributed by atoms with Crippen molar-refractivity contribution in [3.8, 4) is 33.4 Å². The van der Waals surface area contributed by atoms with E-state index in [-0.39, 0.29) is 67.7 Å². The molecule has 8 fully saturated rings. The van der Waals surface area contributed by atoms with Crippen molar-refractivity contribution >= 4 is 130 Å². The molecule has 4 aromatic carbocycles. The molecule has 139 heavy (non-hydrogen) atoms. The Bertz CT molecular complexity index is 7600. The molecule has 19 heterocycles. The molecule has 2 saturated carbocycles. The zero-order chi connectivity index (χ0) is 98.5. The first-order chi connectivity index (χ1) is 65.9. The minimum Gasteiger partial charge on any atom is -0.422 e. The summed E-state index contributed by atoms with van der Waals surface area (Å²) in [5, 5.41) is 9.52. The van der Waals surface area contributed by atoms with Crippen LogP contribution in [0.15, 0.2) is 235 Å². The number of imidazole rings is 4. The summed E-state index contributed by atoms with van der Waals surface area (Å²) in [7, 11) is -0.952. The molecular weight excluding hydrogens is 1930 g/mol. The molecule has 718 valence electrons. The molecule has 0 amide bonds. The average Bonchev–Trinajstić information content (AvgIpc) is 1.53. The highest BCUT2D eigenvalue weighted by Gasteiger charge is 2.64. The largest absolute Gasteiger partial charge is 0.488 e. The van der Waals surface area contributed by atoms with Crippen molar-refractivity contribution in [2.45, 2.75) is 144 Å². The van der Waals surface area contributed by atoms with Crippen molar-refractivity contribution < 1.29 is 67.0 Å². The molecule has 0 bridgehead atoms. The van der Waals surface area contributed by atoms with E-state index in [1.807, 2.05) is 92.6 Å².